The normalized spacial score (nSPS) is 53.4. The van der Waals surface area contributed by atoms with Crippen LogP contribution in [-0.2, 0) is 9.47 Å². The molecule has 2 aliphatic heterocycles. The second kappa shape index (κ2) is 2.17. The van der Waals surface area contributed by atoms with Crippen LogP contribution in [0.3, 0.4) is 0 Å². The maximum Gasteiger partial charge on any atom is 0.159 e. The van der Waals surface area contributed by atoms with Crippen molar-refractivity contribution < 1.29 is 14.6 Å². The molecule has 2 fully saturated rings. The van der Waals surface area contributed by atoms with Gasteiger partial charge in [-0.05, 0) is 0 Å². The van der Waals surface area contributed by atoms with E-state index in [2.05, 4.69) is 0 Å². The molecule has 4 nitrogen and oxygen atoms in total. The summed E-state index contributed by atoms with van der Waals surface area (Å²) in [7, 11) is 0. The van der Waals surface area contributed by atoms with Gasteiger partial charge >= 0.3 is 0 Å². The third-order valence-electron chi connectivity index (χ3n) is 2.06. The van der Waals surface area contributed by atoms with Gasteiger partial charge in [0.15, 0.2) is 6.29 Å². The molecule has 2 rings (SSSR count). The van der Waals surface area contributed by atoms with Gasteiger partial charge in [0.1, 0.15) is 6.10 Å². The molecule has 0 aromatic rings. The fraction of sp³-hybridized carbons (Fsp3) is 1.00. The number of ether oxygens (including phenoxy) is 2. The highest BCUT2D eigenvalue weighted by molar-refractivity contribution is 4.88. The number of rotatable bonds is 0. The molecule has 2 saturated heterocycles. The van der Waals surface area contributed by atoms with Crippen molar-refractivity contribution in [1.82, 2.24) is 0 Å². The van der Waals surface area contributed by atoms with E-state index in [-0.39, 0.29) is 18.4 Å². The Bertz CT molecular complexity index is 141. The number of aliphatic hydroxyl groups is 1. The summed E-state index contributed by atoms with van der Waals surface area (Å²) in [6.45, 7) is 0.486. The monoisotopic (exact) mass is 145 g/mol. The summed E-state index contributed by atoms with van der Waals surface area (Å²) in [5.74, 6) is 0. The molecule has 3 N–H and O–H groups in total. The Kier molecular flexibility index (Phi) is 1.42. The lowest BCUT2D eigenvalue weighted by Gasteiger charge is -2.28. The molecule has 0 unspecified atom stereocenters. The van der Waals surface area contributed by atoms with E-state index < -0.39 is 6.10 Å². The van der Waals surface area contributed by atoms with E-state index in [9.17, 15) is 5.11 Å². The molecule has 2 heterocycles. The molecule has 2 aliphatic rings. The smallest absolute Gasteiger partial charge is 0.159 e. The van der Waals surface area contributed by atoms with Crippen molar-refractivity contribution in [3.63, 3.8) is 0 Å². The fourth-order valence-electron chi connectivity index (χ4n) is 1.42. The predicted octanol–water partition coefficient (Wildman–Crippen LogP) is -1.18. The van der Waals surface area contributed by atoms with Crippen LogP contribution >= 0.6 is 0 Å². The number of hydrogen-bond acceptors (Lipinski definition) is 4. The van der Waals surface area contributed by atoms with Crippen molar-refractivity contribution in [3.05, 3.63) is 0 Å². The summed E-state index contributed by atoms with van der Waals surface area (Å²) in [4.78, 5) is 0. The van der Waals surface area contributed by atoms with E-state index in [0.717, 1.165) is 0 Å². The first-order chi connectivity index (χ1) is 4.77. The van der Waals surface area contributed by atoms with Crippen LogP contribution in [0.2, 0.25) is 0 Å². The maximum atomic E-state index is 9.33. The molecular formula is C6H11NO3. The van der Waals surface area contributed by atoms with Crippen LogP contribution in [0, 0.1) is 0 Å². The number of fused-ring (bicyclic) bond motifs is 2. The predicted molar refractivity (Wildman–Crippen MR) is 33.2 cm³/mol. The quantitative estimate of drug-likeness (QED) is 0.450. The van der Waals surface area contributed by atoms with E-state index >= 15 is 0 Å². The van der Waals surface area contributed by atoms with Crippen molar-refractivity contribution in [2.45, 2.75) is 31.0 Å². The minimum Gasteiger partial charge on any atom is -0.389 e. The van der Waals surface area contributed by atoms with Crippen molar-refractivity contribution in [3.8, 4) is 0 Å². The molecule has 0 saturated carbocycles. The molecule has 10 heavy (non-hydrogen) atoms. The minimum atomic E-state index is -0.543. The van der Waals surface area contributed by atoms with Gasteiger partial charge in [-0.15, -0.1) is 0 Å². The molecule has 0 aromatic heterocycles. The average Bonchev–Trinajstić information content (AvgIpc) is 2.29. The van der Waals surface area contributed by atoms with Crippen LogP contribution in [0.4, 0.5) is 0 Å². The van der Waals surface area contributed by atoms with E-state index in [1.54, 1.807) is 0 Å². The largest absolute Gasteiger partial charge is 0.389 e. The Morgan fingerprint density at radius 3 is 3.10 bits per heavy atom. The van der Waals surface area contributed by atoms with Crippen LogP contribution in [0.25, 0.3) is 0 Å². The van der Waals surface area contributed by atoms with Crippen LogP contribution in [0.1, 0.15) is 6.42 Å². The molecule has 2 bridgehead atoms. The Morgan fingerprint density at radius 1 is 1.50 bits per heavy atom. The molecule has 0 aromatic carbocycles. The summed E-state index contributed by atoms with van der Waals surface area (Å²) in [6, 6.07) is -0.175. The molecule has 0 aliphatic carbocycles. The van der Waals surface area contributed by atoms with E-state index in [0.29, 0.717) is 13.0 Å². The van der Waals surface area contributed by atoms with Gasteiger partial charge in [0.2, 0.25) is 0 Å². The highest BCUT2D eigenvalue weighted by Crippen LogP contribution is 2.25. The molecule has 0 radical (unpaired) electrons. The second-order valence-electron chi connectivity index (χ2n) is 2.83. The van der Waals surface area contributed by atoms with Crippen molar-refractivity contribution in [2.75, 3.05) is 6.61 Å². The minimum absolute atomic E-state index is 0.164. The Labute approximate surface area is 58.9 Å². The van der Waals surface area contributed by atoms with Crippen molar-refractivity contribution in [2.24, 2.45) is 5.73 Å². The van der Waals surface area contributed by atoms with Gasteiger partial charge in [0.05, 0.1) is 12.7 Å². The van der Waals surface area contributed by atoms with Gasteiger partial charge in [-0.25, -0.2) is 0 Å². The zero-order valence-electron chi connectivity index (χ0n) is 5.56. The first-order valence-corrected chi connectivity index (χ1v) is 3.48. The Hall–Kier alpha value is -0.160. The average molecular weight is 145 g/mol. The highest BCUT2D eigenvalue weighted by atomic mass is 16.7. The zero-order valence-corrected chi connectivity index (χ0v) is 5.56. The third kappa shape index (κ3) is 0.845. The first-order valence-electron chi connectivity index (χ1n) is 3.48. The highest BCUT2D eigenvalue weighted by Gasteiger charge is 2.41. The summed E-state index contributed by atoms with van der Waals surface area (Å²) < 4.78 is 10.4. The number of nitrogens with two attached hydrogens (primary N) is 1. The molecular weight excluding hydrogens is 134 g/mol. The van der Waals surface area contributed by atoms with Crippen LogP contribution in [0.5, 0.6) is 0 Å². The standard InChI is InChI=1S/C6H11NO3/c7-3-1-5-9-2-4(10-5)6(3)8/h3-6,8H,1-2,7H2/t3-,4+,5+,6+/m1/s1. The lowest BCUT2D eigenvalue weighted by atomic mass is 10.0. The van der Waals surface area contributed by atoms with Crippen LogP contribution in [0.15, 0.2) is 0 Å². The fourth-order valence-corrected chi connectivity index (χ4v) is 1.42. The van der Waals surface area contributed by atoms with E-state index in [4.69, 9.17) is 15.2 Å². The number of aliphatic hydroxyl groups excluding tert-OH is 1. The van der Waals surface area contributed by atoms with Gasteiger partial charge in [-0.2, -0.15) is 0 Å². The van der Waals surface area contributed by atoms with E-state index in [1.807, 2.05) is 0 Å². The first kappa shape index (κ1) is 6.54. The zero-order chi connectivity index (χ0) is 7.14. The van der Waals surface area contributed by atoms with Gasteiger partial charge in [-0.3, -0.25) is 0 Å². The maximum absolute atomic E-state index is 9.33. The topological polar surface area (TPSA) is 64.7 Å². The summed E-state index contributed by atoms with van der Waals surface area (Å²) in [6.07, 6.45) is -0.284. The van der Waals surface area contributed by atoms with Gasteiger partial charge in [0, 0.05) is 12.5 Å². The molecule has 58 valence electrons. The Morgan fingerprint density at radius 2 is 2.30 bits per heavy atom. The molecule has 4 heteroatoms. The van der Waals surface area contributed by atoms with Gasteiger partial charge in [0.25, 0.3) is 0 Å². The summed E-state index contributed by atoms with van der Waals surface area (Å²) >= 11 is 0. The molecule has 4 atom stereocenters. The SMILES string of the molecule is N[C@@H]1C[C@H]2OC[C@H](O2)[C@H]1O. The Balaban J connectivity index is 2.09. The third-order valence-corrected chi connectivity index (χ3v) is 2.06. The second-order valence-corrected chi connectivity index (χ2v) is 2.83. The number of hydrogen-bond donors (Lipinski definition) is 2. The van der Waals surface area contributed by atoms with Crippen molar-refractivity contribution >= 4 is 0 Å². The van der Waals surface area contributed by atoms with Crippen LogP contribution in [-0.4, -0.2) is 36.3 Å². The molecule has 0 spiro atoms. The summed E-state index contributed by atoms with van der Waals surface area (Å²) in [5.41, 5.74) is 5.59. The van der Waals surface area contributed by atoms with E-state index in [1.165, 1.54) is 0 Å². The van der Waals surface area contributed by atoms with Crippen molar-refractivity contribution in [1.29, 1.82) is 0 Å². The lowest BCUT2D eigenvalue weighted by molar-refractivity contribution is -0.126. The van der Waals surface area contributed by atoms with Crippen LogP contribution < -0.4 is 5.73 Å². The molecule has 0 amide bonds. The lowest BCUT2D eigenvalue weighted by Crippen LogP contribution is -2.48. The van der Waals surface area contributed by atoms with Gasteiger partial charge in [-0.1, -0.05) is 0 Å². The van der Waals surface area contributed by atoms with Gasteiger partial charge < -0.3 is 20.3 Å². The summed E-state index contributed by atoms with van der Waals surface area (Å²) in [5, 5.41) is 9.33.